The summed E-state index contributed by atoms with van der Waals surface area (Å²) in [6.07, 6.45) is -0.514. The van der Waals surface area contributed by atoms with Crippen LogP contribution in [0.15, 0.2) is 0 Å². The van der Waals surface area contributed by atoms with Crippen molar-refractivity contribution in [3.05, 3.63) is 0 Å². The summed E-state index contributed by atoms with van der Waals surface area (Å²) in [4.78, 5) is 51.8. The Hall–Kier alpha value is -1.92. The highest BCUT2D eigenvalue weighted by Gasteiger charge is 2.62. The van der Waals surface area contributed by atoms with Crippen molar-refractivity contribution in [3.8, 4) is 0 Å². The number of hydrogen-bond donors (Lipinski definition) is 0. The largest absolute Gasteiger partial charge is 0.466 e. The smallest absolute Gasteiger partial charge is 0.318 e. The van der Waals surface area contributed by atoms with Gasteiger partial charge >= 0.3 is 23.9 Å². The number of esters is 4. The summed E-state index contributed by atoms with van der Waals surface area (Å²) in [5, 5.41) is 0. The molecule has 1 aliphatic rings. The summed E-state index contributed by atoms with van der Waals surface area (Å²) in [5.41, 5.74) is -3.17. The molecule has 7 heteroatoms. The fourth-order valence-electron chi connectivity index (χ4n) is 6.46. The minimum Gasteiger partial charge on any atom is -0.466 e. The molecule has 0 bridgehead atoms. The molecule has 1 saturated heterocycles. The molecule has 214 valence electrons. The quantitative estimate of drug-likeness (QED) is 0.201. The fraction of sp³-hybridized carbons (Fsp3) is 0.867. The standard InChI is InChI=1S/C30H52O7/c1-16-35-22(32)19(29(12,13)30(14,15)25(27(7,8)9)36-18(3)31)17(2)28(10,11)21-20(26(4,5)6)23(33)37-24(21)34/h17,19-21,25H,16H2,1-15H3. The van der Waals surface area contributed by atoms with E-state index in [1.54, 1.807) is 6.92 Å². The zero-order valence-corrected chi connectivity index (χ0v) is 26.0. The van der Waals surface area contributed by atoms with Gasteiger partial charge in [0.1, 0.15) is 6.10 Å². The number of carbonyl (C=O) groups excluding carboxylic acids is 4. The third-order valence-corrected chi connectivity index (χ3v) is 9.16. The van der Waals surface area contributed by atoms with E-state index in [-0.39, 0.29) is 18.5 Å². The topological polar surface area (TPSA) is 96.0 Å². The molecular weight excluding hydrogens is 472 g/mol. The Bertz CT molecular complexity index is 883. The van der Waals surface area contributed by atoms with Crippen molar-refractivity contribution in [2.45, 2.75) is 110 Å². The molecule has 0 aliphatic carbocycles. The molecule has 0 radical (unpaired) electrons. The van der Waals surface area contributed by atoms with Gasteiger partial charge in [-0.25, -0.2) is 0 Å². The van der Waals surface area contributed by atoms with Crippen LogP contribution in [0.4, 0.5) is 0 Å². The SMILES string of the molecule is CCOC(=O)C(C(C)C(C)(C)C1C(=O)OC(=O)C1C(C)(C)C)C(C)(C)C(C)(C)C(OC(C)=O)C(C)(C)C. The molecule has 1 heterocycles. The molecule has 1 fully saturated rings. The average Bonchev–Trinajstić information content (AvgIpc) is 2.99. The number of carbonyl (C=O) groups is 4. The molecule has 0 amide bonds. The second-order valence-corrected chi connectivity index (χ2v) is 14.7. The highest BCUT2D eigenvalue weighted by molar-refractivity contribution is 5.97. The first kappa shape index (κ1) is 33.1. The van der Waals surface area contributed by atoms with E-state index in [9.17, 15) is 19.2 Å². The summed E-state index contributed by atoms with van der Waals surface area (Å²) in [6, 6.07) is 0. The zero-order valence-electron chi connectivity index (χ0n) is 26.0. The maximum atomic E-state index is 13.7. The van der Waals surface area contributed by atoms with Crippen LogP contribution in [0.25, 0.3) is 0 Å². The zero-order chi connectivity index (χ0) is 29.5. The van der Waals surface area contributed by atoms with Crippen molar-refractivity contribution in [1.82, 2.24) is 0 Å². The molecule has 0 aromatic heterocycles. The molecular formula is C30H52O7. The van der Waals surface area contributed by atoms with Crippen molar-refractivity contribution >= 4 is 23.9 Å². The molecule has 0 aromatic carbocycles. The number of hydrogen-bond acceptors (Lipinski definition) is 7. The van der Waals surface area contributed by atoms with Gasteiger partial charge in [-0.05, 0) is 34.5 Å². The molecule has 0 aromatic rings. The average molecular weight is 525 g/mol. The summed E-state index contributed by atoms with van der Waals surface area (Å²) in [7, 11) is 0. The van der Waals surface area contributed by atoms with E-state index in [0.717, 1.165) is 0 Å². The summed E-state index contributed by atoms with van der Waals surface area (Å²) in [5.74, 6) is -4.26. The van der Waals surface area contributed by atoms with Gasteiger partial charge in [0, 0.05) is 12.3 Å². The molecule has 37 heavy (non-hydrogen) atoms. The molecule has 1 rings (SSSR count). The van der Waals surface area contributed by atoms with Gasteiger partial charge in [-0.15, -0.1) is 0 Å². The number of cyclic esters (lactones) is 2. The molecule has 7 nitrogen and oxygen atoms in total. The third kappa shape index (κ3) is 6.39. The Morgan fingerprint density at radius 1 is 0.838 bits per heavy atom. The second-order valence-electron chi connectivity index (χ2n) is 14.7. The van der Waals surface area contributed by atoms with Crippen LogP contribution in [0.5, 0.6) is 0 Å². The predicted octanol–water partition coefficient (Wildman–Crippen LogP) is 6.22. The van der Waals surface area contributed by atoms with Crippen molar-refractivity contribution in [1.29, 1.82) is 0 Å². The molecule has 5 atom stereocenters. The normalized spacial score (nSPS) is 22.2. The van der Waals surface area contributed by atoms with Crippen LogP contribution in [0.2, 0.25) is 0 Å². The van der Waals surface area contributed by atoms with E-state index in [0.29, 0.717) is 0 Å². The fourth-order valence-corrected chi connectivity index (χ4v) is 6.46. The Morgan fingerprint density at radius 3 is 1.68 bits per heavy atom. The van der Waals surface area contributed by atoms with Crippen LogP contribution in [0.3, 0.4) is 0 Å². The van der Waals surface area contributed by atoms with Crippen LogP contribution >= 0.6 is 0 Å². The lowest BCUT2D eigenvalue weighted by Crippen LogP contribution is -2.58. The van der Waals surface area contributed by atoms with E-state index >= 15 is 0 Å². The third-order valence-electron chi connectivity index (χ3n) is 9.16. The van der Waals surface area contributed by atoms with Gasteiger partial charge in [-0.1, -0.05) is 90.0 Å². The second kappa shape index (κ2) is 10.7. The first-order valence-electron chi connectivity index (χ1n) is 13.5. The summed E-state index contributed by atoms with van der Waals surface area (Å²) >= 11 is 0. The maximum Gasteiger partial charge on any atom is 0.318 e. The molecule has 0 saturated carbocycles. The van der Waals surface area contributed by atoms with E-state index < -0.39 is 68.8 Å². The van der Waals surface area contributed by atoms with Crippen molar-refractivity contribution < 1.29 is 33.4 Å². The van der Waals surface area contributed by atoms with Crippen LogP contribution in [-0.2, 0) is 33.4 Å². The highest BCUT2D eigenvalue weighted by atomic mass is 16.6. The summed E-state index contributed by atoms with van der Waals surface area (Å²) in [6.45, 7) is 29.0. The number of ether oxygens (including phenoxy) is 3. The first-order chi connectivity index (χ1) is 16.4. The van der Waals surface area contributed by atoms with Crippen LogP contribution in [-0.4, -0.2) is 36.6 Å². The van der Waals surface area contributed by atoms with Gasteiger partial charge in [0.05, 0.1) is 24.4 Å². The minimum atomic E-state index is -0.801. The molecule has 0 spiro atoms. The van der Waals surface area contributed by atoms with E-state index in [2.05, 4.69) is 0 Å². The molecule has 0 N–H and O–H groups in total. The van der Waals surface area contributed by atoms with Gasteiger partial charge in [-0.3, -0.25) is 19.2 Å². The first-order valence-corrected chi connectivity index (χ1v) is 13.5. The minimum absolute atomic E-state index is 0.209. The van der Waals surface area contributed by atoms with Gasteiger partial charge in [-0.2, -0.15) is 0 Å². The number of rotatable bonds is 9. The molecule has 1 aliphatic heterocycles. The van der Waals surface area contributed by atoms with Gasteiger partial charge < -0.3 is 14.2 Å². The van der Waals surface area contributed by atoms with Crippen molar-refractivity contribution in [2.24, 2.45) is 50.7 Å². The lowest BCUT2D eigenvalue weighted by atomic mass is 9.49. The maximum absolute atomic E-state index is 13.7. The Morgan fingerprint density at radius 2 is 1.30 bits per heavy atom. The highest BCUT2D eigenvalue weighted by Crippen LogP contribution is 2.59. The Kier molecular flexibility index (Phi) is 9.56. The van der Waals surface area contributed by atoms with E-state index in [1.165, 1.54) is 6.92 Å². The van der Waals surface area contributed by atoms with E-state index in [1.807, 2.05) is 90.0 Å². The lowest BCUT2D eigenvalue weighted by Gasteiger charge is -2.56. The van der Waals surface area contributed by atoms with Gasteiger partial charge in [0.2, 0.25) is 0 Å². The van der Waals surface area contributed by atoms with E-state index in [4.69, 9.17) is 14.2 Å². The summed E-state index contributed by atoms with van der Waals surface area (Å²) < 4.78 is 16.7. The van der Waals surface area contributed by atoms with Crippen molar-refractivity contribution in [3.63, 3.8) is 0 Å². The monoisotopic (exact) mass is 524 g/mol. The van der Waals surface area contributed by atoms with Crippen LogP contribution in [0, 0.1) is 50.7 Å². The van der Waals surface area contributed by atoms with Crippen molar-refractivity contribution in [2.75, 3.05) is 6.61 Å². The predicted molar refractivity (Wildman–Crippen MR) is 143 cm³/mol. The van der Waals surface area contributed by atoms with Crippen LogP contribution < -0.4 is 0 Å². The molecule has 5 unspecified atom stereocenters. The van der Waals surface area contributed by atoms with Crippen LogP contribution in [0.1, 0.15) is 104 Å². The van der Waals surface area contributed by atoms with Gasteiger partial charge in [0.25, 0.3) is 0 Å². The lowest BCUT2D eigenvalue weighted by molar-refractivity contribution is -0.190. The Labute approximate surface area is 224 Å². The van der Waals surface area contributed by atoms with Gasteiger partial charge in [0.15, 0.2) is 0 Å². The Balaban J connectivity index is 3.78.